The minimum atomic E-state index is -0.547. The van der Waals surface area contributed by atoms with Crippen LogP contribution in [0.2, 0.25) is 0 Å². The number of hydrogen-bond acceptors (Lipinski definition) is 5. The summed E-state index contributed by atoms with van der Waals surface area (Å²) in [5.41, 5.74) is -0.547. The van der Waals surface area contributed by atoms with Crippen molar-refractivity contribution in [2.45, 2.75) is 52.1 Å². The number of likely N-dealkylation sites (tertiary alicyclic amines) is 1. The summed E-state index contributed by atoms with van der Waals surface area (Å²) in [5, 5.41) is 5.46. The van der Waals surface area contributed by atoms with Crippen LogP contribution in [0.5, 0.6) is 0 Å². The van der Waals surface area contributed by atoms with E-state index in [1.807, 2.05) is 6.07 Å². The molecule has 3 amide bonds. The number of ether oxygens (including phenoxy) is 1. The highest BCUT2D eigenvalue weighted by atomic mass is 79.9. The van der Waals surface area contributed by atoms with E-state index in [1.165, 1.54) is 0 Å². The zero-order valence-electron chi connectivity index (χ0n) is 17.2. The third-order valence-electron chi connectivity index (χ3n) is 4.36. The van der Waals surface area contributed by atoms with Crippen LogP contribution in [0.1, 0.15) is 46.5 Å². The Morgan fingerprint density at radius 2 is 2.07 bits per heavy atom. The molecule has 0 aliphatic carbocycles. The fraction of sp³-hybridized carbons (Fsp3) is 0.600. The second-order valence-corrected chi connectivity index (χ2v) is 8.98. The van der Waals surface area contributed by atoms with Crippen LogP contribution in [-0.2, 0) is 14.3 Å². The Morgan fingerprint density at radius 3 is 2.72 bits per heavy atom. The predicted octanol–water partition coefficient (Wildman–Crippen LogP) is 3.33. The Bertz CT molecular complexity index is 718. The molecule has 1 aliphatic heterocycles. The first-order chi connectivity index (χ1) is 13.6. The molecule has 1 fully saturated rings. The van der Waals surface area contributed by atoms with Gasteiger partial charge in [-0.2, -0.15) is 0 Å². The maximum atomic E-state index is 12.5. The van der Waals surface area contributed by atoms with Crippen molar-refractivity contribution in [3.05, 3.63) is 22.8 Å². The van der Waals surface area contributed by atoms with Gasteiger partial charge in [-0.25, -0.2) is 9.78 Å². The lowest BCUT2D eigenvalue weighted by Crippen LogP contribution is -2.44. The van der Waals surface area contributed by atoms with Gasteiger partial charge >= 0.3 is 6.09 Å². The molecule has 2 N–H and O–H groups in total. The van der Waals surface area contributed by atoms with Crippen LogP contribution in [0.15, 0.2) is 22.8 Å². The van der Waals surface area contributed by atoms with E-state index in [4.69, 9.17) is 4.74 Å². The van der Waals surface area contributed by atoms with Crippen molar-refractivity contribution >= 4 is 39.7 Å². The molecule has 1 aromatic rings. The van der Waals surface area contributed by atoms with Gasteiger partial charge in [-0.15, -0.1) is 0 Å². The molecule has 0 radical (unpaired) electrons. The summed E-state index contributed by atoms with van der Waals surface area (Å²) in [6.45, 7) is 6.82. The van der Waals surface area contributed by atoms with E-state index >= 15 is 0 Å². The highest BCUT2D eigenvalue weighted by molar-refractivity contribution is 9.10. The molecule has 0 saturated carbocycles. The van der Waals surface area contributed by atoms with Crippen molar-refractivity contribution in [1.82, 2.24) is 15.2 Å². The number of nitrogens with one attached hydrogen (secondary N) is 2. The largest absolute Gasteiger partial charge is 0.444 e. The number of pyridine rings is 1. The molecule has 0 bridgehead atoms. The fourth-order valence-electron chi connectivity index (χ4n) is 3.00. The number of carbonyl (C=O) groups excluding carboxylic acids is 3. The number of nitrogens with zero attached hydrogens (tertiary/aromatic N) is 2. The minimum absolute atomic E-state index is 0.00439. The molecule has 8 nitrogen and oxygen atoms in total. The lowest BCUT2D eigenvalue weighted by Gasteiger charge is -2.32. The molecule has 0 aromatic carbocycles. The number of anilines is 1. The topological polar surface area (TPSA) is 101 Å². The number of aromatic nitrogens is 1. The van der Waals surface area contributed by atoms with Crippen LogP contribution in [0, 0.1) is 5.92 Å². The zero-order chi connectivity index (χ0) is 21.4. The Hall–Kier alpha value is -2.16. The zero-order valence-corrected chi connectivity index (χ0v) is 18.8. The third-order valence-corrected chi connectivity index (χ3v) is 4.83. The van der Waals surface area contributed by atoms with Gasteiger partial charge in [0.15, 0.2) is 0 Å². The Kier molecular flexibility index (Phi) is 8.43. The van der Waals surface area contributed by atoms with Crippen LogP contribution in [0.4, 0.5) is 10.6 Å². The van der Waals surface area contributed by atoms with Crippen molar-refractivity contribution in [2.24, 2.45) is 5.92 Å². The van der Waals surface area contributed by atoms with Gasteiger partial charge in [-0.1, -0.05) is 0 Å². The molecule has 1 saturated heterocycles. The van der Waals surface area contributed by atoms with E-state index < -0.39 is 11.7 Å². The summed E-state index contributed by atoms with van der Waals surface area (Å²) in [4.78, 5) is 42.5. The van der Waals surface area contributed by atoms with E-state index in [-0.39, 0.29) is 17.7 Å². The summed E-state index contributed by atoms with van der Waals surface area (Å²) in [7, 11) is 0. The first kappa shape index (κ1) is 23.1. The smallest absolute Gasteiger partial charge is 0.407 e. The van der Waals surface area contributed by atoms with Crippen molar-refractivity contribution in [3.8, 4) is 0 Å². The number of halogens is 1. The molecular weight excluding hydrogens is 440 g/mol. The normalized spacial score (nSPS) is 16.8. The van der Waals surface area contributed by atoms with E-state index in [1.54, 1.807) is 37.9 Å². The molecule has 9 heteroatoms. The minimum Gasteiger partial charge on any atom is -0.444 e. The first-order valence-electron chi connectivity index (χ1n) is 9.81. The first-order valence-corrected chi connectivity index (χ1v) is 10.6. The number of piperidine rings is 1. The van der Waals surface area contributed by atoms with Gasteiger partial charge in [0, 0.05) is 36.7 Å². The maximum Gasteiger partial charge on any atom is 0.407 e. The lowest BCUT2D eigenvalue weighted by atomic mass is 9.96. The summed E-state index contributed by atoms with van der Waals surface area (Å²) in [5.74, 6) is 0.118. The average molecular weight is 469 g/mol. The number of amides is 3. The predicted molar refractivity (Wildman–Crippen MR) is 113 cm³/mol. The number of carbonyl (C=O) groups is 3. The molecule has 29 heavy (non-hydrogen) atoms. The van der Waals surface area contributed by atoms with Gasteiger partial charge in [0.2, 0.25) is 11.8 Å². The summed E-state index contributed by atoms with van der Waals surface area (Å²) >= 11 is 3.31. The number of rotatable bonds is 6. The maximum absolute atomic E-state index is 12.5. The third kappa shape index (κ3) is 8.39. The van der Waals surface area contributed by atoms with Gasteiger partial charge in [-0.05, 0) is 68.1 Å². The quantitative estimate of drug-likeness (QED) is 0.623. The van der Waals surface area contributed by atoms with Crippen LogP contribution in [0.25, 0.3) is 0 Å². The summed E-state index contributed by atoms with van der Waals surface area (Å²) in [6, 6.07) is 3.54. The van der Waals surface area contributed by atoms with Gasteiger partial charge in [0.1, 0.15) is 11.4 Å². The monoisotopic (exact) mass is 468 g/mol. The Morgan fingerprint density at radius 1 is 1.31 bits per heavy atom. The van der Waals surface area contributed by atoms with Gasteiger partial charge in [0.25, 0.3) is 0 Å². The molecule has 1 atom stereocenters. The van der Waals surface area contributed by atoms with E-state index in [0.717, 1.165) is 17.3 Å². The second kappa shape index (κ2) is 10.6. The van der Waals surface area contributed by atoms with Crippen LogP contribution in [-0.4, -0.2) is 53.0 Å². The van der Waals surface area contributed by atoms with Crippen LogP contribution >= 0.6 is 15.9 Å². The molecule has 1 aliphatic rings. The highest BCUT2D eigenvalue weighted by Gasteiger charge is 2.28. The van der Waals surface area contributed by atoms with Gasteiger partial charge in [0.05, 0.1) is 5.92 Å². The summed E-state index contributed by atoms with van der Waals surface area (Å²) < 4.78 is 6.00. The van der Waals surface area contributed by atoms with Gasteiger partial charge < -0.3 is 20.3 Å². The summed E-state index contributed by atoms with van der Waals surface area (Å²) in [6.07, 6.45) is 3.51. The SMILES string of the molecule is CC(C)(C)OC(=O)NCCCC(=O)N1CCCC(C(=O)Nc2ccc(Br)cn2)C1. The average Bonchev–Trinajstić information content (AvgIpc) is 2.65. The number of alkyl carbamates (subject to hydrolysis) is 1. The Balaban J connectivity index is 1.73. The molecule has 0 spiro atoms. The van der Waals surface area contributed by atoms with Crippen molar-refractivity contribution < 1.29 is 19.1 Å². The lowest BCUT2D eigenvalue weighted by molar-refractivity contribution is -0.134. The molecule has 1 aromatic heterocycles. The second-order valence-electron chi connectivity index (χ2n) is 8.06. The molecular formula is C20H29BrN4O4. The molecule has 1 unspecified atom stereocenters. The van der Waals surface area contributed by atoms with Crippen molar-refractivity contribution in [3.63, 3.8) is 0 Å². The van der Waals surface area contributed by atoms with Crippen LogP contribution < -0.4 is 10.6 Å². The fourth-order valence-corrected chi connectivity index (χ4v) is 3.23. The Labute approximate surface area is 179 Å². The highest BCUT2D eigenvalue weighted by Crippen LogP contribution is 2.20. The van der Waals surface area contributed by atoms with E-state index in [0.29, 0.717) is 38.3 Å². The van der Waals surface area contributed by atoms with Gasteiger partial charge in [-0.3, -0.25) is 9.59 Å². The van der Waals surface area contributed by atoms with Crippen molar-refractivity contribution in [2.75, 3.05) is 25.0 Å². The molecule has 2 rings (SSSR count). The van der Waals surface area contributed by atoms with Crippen LogP contribution in [0.3, 0.4) is 0 Å². The molecule has 160 valence electrons. The van der Waals surface area contributed by atoms with E-state index in [9.17, 15) is 14.4 Å². The van der Waals surface area contributed by atoms with E-state index in [2.05, 4.69) is 31.5 Å². The van der Waals surface area contributed by atoms with Crippen molar-refractivity contribution in [1.29, 1.82) is 0 Å². The number of hydrogen-bond donors (Lipinski definition) is 2. The molecule has 2 heterocycles. The standard InChI is InChI=1S/C20H29BrN4O4/c1-20(2,3)29-19(28)22-10-4-7-17(26)25-11-5-6-14(13-25)18(27)24-16-9-8-15(21)12-23-16/h8-9,12,14H,4-7,10-11,13H2,1-3H3,(H,22,28)(H,23,24,27).